The molecule has 0 radical (unpaired) electrons. The number of aromatic hydroxyl groups is 1. The second-order valence-corrected chi connectivity index (χ2v) is 6.60. The molecule has 0 aromatic heterocycles. The molecule has 1 aliphatic rings. The molecule has 140 valence electrons. The molecule has 3 rings (SSSR count). The number of ether oxygens (including phenoxy) is 1. The van der Waals surface area contributed by atoms with Gasteiger partial charge in [-0.2, -0.15) is 0 Å². The summed E-state index contributed by atoms with van der Waals surface area (Å²) < 4.78 is 5.70. The third-order valence-corrected chi connectivity index (χ3v) is 4.36. The molecule has 0 fully saturated rings. The first-order chi connectivity index (χ1) is 13.1. The molecule has 5 nitrogen and oxygen atoms in total. The van der Waals surface area contributed by atoms with Crippen molar-refractivity contribution in [2.45, 2.75) is 26.2 Å². The fourth-order valence-corrected chi connectivity index (χ4v) is 2.85. The fourth-order valence-electron chi connectivity index (χ4n) is 2.67. The van der Waals surface area contributed by atoms with Crippen molar-refractivity contribution in [2.75, 3.05) is 6.61 Å². The van der Waals surface area contributed by atoms with Crippen molar-refractivity contribution in [3.8, 4) is 11.5 Å². The number of phenols is 1. The quantitative estimate of drug-likeness (QED) is 0.415. The zero-order valence-electron chi connectivity index (χ0n) is 14.9. The average Bonchev–Trinajstić information content (AvgIpc) is 3.03. The molecule has 6 heteroatoms. The Morgan fingerprint density at radius 1 is 1.19 bits per heavy atom. The Balaban J connectivity index is 1.80. The summed E-state index contributed by atoms with van der Waals surface area (Å²) in [5, 5.41) is 14.3. The molecular weight excluding hydrogens is 366 g/mol. The molecular formula is C21H20ClNO4. The number of phenolic OH excluding ortho intramolecular Hbond substituents is 1. The minimum absolute atomic E-state index is 0.0155. The molecule has 2 aromatic carbocycles. The van der Waals surface area contributed by atoms with E-state index in [0.29, 0.717) is 22.9 Å². The van der Waals surface area contributed by atoms with Gasteiger partial charge in [0.2, 0.25) is 0 Å². The van der Waals surface area contributed by atoms with E-state index in [1.54, 1.807) is 12.1 Å². The molecule has 0 aliphatic carbocycles. The highest BCUT2D eigenvalue weighted by Gasteiger charge is 2.27. The van der Waals surface area contributed by atoms with Crippen LogP contribution in [0.1, 0.15) is 37.3 Å². The van der Waals surface area contributed by atoms with Gasteiger partial charge in [-0.15, -0.1) is 0 Å². The first-order valence-corrected chi connectivity index (χ1v) is 9.19. The highest BCUT2D eigenvalue weighted by atomic mass is 35.5. The number of carbonyl (C=O) groups is 1. The van der Waals surface area contributed by atoms with E-state index in [4.69, 9.17) is 21.2 Å². The third-order valence-electron chi connectivity index (χ3n) is 4.13. The highest BCUT2D eigenvalue weighted by molar-refractivity contribution is 6.32. The predicted molar refractivity (Wildman–Crippen MR) is 105 cm³/mol. The molecule has 27 heavy (non-hydrogen) atoms. The largest absolute Gasteiger partial charge is 0.507 e. The fraction of sp³-hybridized carbons (Fsp3) is 0.238. The van der Waals surface area contributed by atoms with Crippen LogP contribution in [0.3, 0.4) is 0 Å². The molecule has 0 unspecified atom stereocenters. The number of rotatable bonds is 7. The lowest BCUT2D eigenvalue weighted by atomic mass is 10.0. The summed E-state index contributed by atoms with van der Waals surface area (Å²) in [6.45, 7) is 2.82. The van der Waals surface area contributed by atoms with Crippen LogP contribution in [-0.2, 0) is 9.63 Å². The van der Waals surface area contributed by atoms with Crippen LogP contribution in [0.5, 0.6) is 11.5 Å². The van der Waals surface area contributed by atoms with E-state index in [1.807, 2.05) is 24.3 Å². The van der Waals surface area contributed by atoms with Gasteiger partial charge in [-0.25, -0.2) is 4.79 Å². The summed E-state index contributed by atoms with van der Waals surface area (Å²) in [5.41, 5.74) is 1.79. The summed E-state index contributed by atoms with van der Waals surface area (Å²) in [4.78, 5) is 16.9. The molecule has 1 N–H and O–H groups in total. The van der Waals surface area contributed by atoms with Crippen LogP contribution < -0.4 is 4.74 Å². The monoisotopic (exact) mass is 385 g/mol. The minimum Gasteiger partial charge on any atom is -0.507 e. The Morgan fingerprint density at radius 3 is 2.70 bits per heavy atom. The maximum atomic E-state index is 12.1. The summed E-state index contributed by atoms with van der Waals surface area (Å²) in [6.07, 6.45) is 4.82. The minimum atomic E-state index is -0.579. The number of nitrogens with zero attached hydrogens (tertiary/aromatic N) is 1. The summed E-state index contributed by atoms with van der Waals surface area (Å²) in [5.74, 6) is 0.199. The van der Waals surface area contributed by atoms with E-state index < -0.39 is 5.97 Å². The van der Waals surface area contributed by atoms with Crippen molar-refractivity contribution in [1.29, 1.82) is 0 Å². The third kappa shape index (κ3) is 4.68. The van der Waals surface area contributed by atoms with Gasteiger partial charge in [0.1, 0.15) is 17.2 Å². The van der Waals surface area contributed by atoms with Crippen LogP contribution in [0, 0.1) is 0 Å². The van der Waals surface area contributed by atoms with E-state index >= 15 is 0 Å². The first-order valence-electron chi connectivity index (χ1n) is 8.81. The SMILES string of the molecule is CCCCCOc1ccc(C2=NOC(=O)C2=Cc2cc(Cl)ccc2O)cc1. The zero-order chi connectivity index (χ0) is 19.2. The number of hydrogen-bond donors (Lipinski definition) is 1. The average molecular weight is 386 g/mol. The normalized spacial score (nSPS) is 15.0. The van der Waals surface area contributed by atoms with E-state index in [9.17, 15) is 9.90 Å². The van der Waals surface area contributed by atoms with Crippen LogP contribution in [0.15, 0.2) is 53.2 Å². The van der Waals surface area contributed by atoms with Crippen LogP contribution in [0.25, 0.3) is 6.08 Å². The van der Waals surface area contributed by atoms with Crippen molar-refractivity contribution in [3.05, 3.63) is 64.2 Å². The molecule has 1 heterocycles. The first kappa shape index (κ1) is 19.0. The zero-order valence-corrected chi connectivity index (χ0v) is 15.7. The molecule has 0 saturated carbocycles. The summed E-state index contributed by atoms with van der Waals surface area (Å²) >= 11 is 5.97. The molecule has 0 spiro atoms. The molecule has 1 aliphatic heterocycles. The van der Waals surface area contributed by atoms with Gasteiger partial charge in [-0.1, -0.05) is 36.5 Å². The Morgan fingerprint density at radius 2 is 1.96 bits per heavy atom. The van der Waals surface area contributed by atoms with Crippen LogP contribution in [0.4, 0.5) is 0 Å². The van der Waals surface area contributed by atoms with Gasteiger partial charge >= 0.3 is 5.97 Å². The lowest BCUT2D eigenvalue weighted by molar-refractivity contribution is -0.136. The highest BCUT2D eigenvalue weighted by Crippen LogP contribution is 2.27. The van der Waals surface area contributed by atoms with Crippen molar-refractivity contribution < 1.29 is 19.5 Å². The molecule has 0 atom stereocenters. The maximum Gasteiger partial charge on any atom is 0.368 e. The Bertz CT molecular complexity index is 888. The number of halogens is 1. The predicted octanol–water partition coefficient (Wildman–Crippen LogP) is 4.96. The molecule has 0 bridgehead atoms. The van der Waals surface area contributed by atoms with Crippen LogP contribution in [0.2, 0.25) is 5.02 Å². The Kier molecular flexibility index (Phi) is 6.14. The van der Waals surface area contributed by atoms with E-state index in [-0.39, 0.29) is 11.3 Å². The summed E-state index contributed by atoms with van der Waals surface area (Å²) in [6, 6.07) is 11.9. The topological polar surface area (TPSA) is 68.1 Å². The number of carbonyl (C=O) groups excluding carboxylic acids is 1. The Hall–Kier alpha value is -2.79. The second-order valence-electron chi connectivity index (χ2n) is 6.16. The van der Waals surface area contributed by atoms with Crippen molar-refractivity contribution in [1.82, 2.24) is 0 Å². The molecule has 0 saturated heterocycles. The smallest absolute Gasteiger partial charge is 0.368 e. The van der Waals surface area contributed by atoms with E-state index in [1.165, 1.54) is 12.1 Å². The standard InChI is InChI=1S/C21H20ClNO4/c1-2-3-4-11-26-17-8-5-14(6-9-17)20-18(21(25)27-23-20)13-15-12-16(22)7-10-19(15)24/h5-10,12-13,24H,2-4,11H2,1H3. The van der Waals surface area contributed by atoms with Crippen LogP contribution in [-0.4, -0.2) is 23.4 Å². The molecule has 0 amide bonds. The van der Waals surface area contributed by atoms with Crippen molar-refractivity contribution in [3.63, 3.8) is 0 Å². The Labute approximate surface area is 162 Å². The summed E-state index contributed by atoms with van der Waals surface area (Å²) in [7, 11) is 0. The second kappa shape index (κ2) is 8.73. The van der Waals surface area contributed by atoms with Gasteiger partial charge in [-0.3, -0.25) is 0 Å². The van der Waals surface area contributed by atoms with Crippen molar-refractivity contribution >= 4 is 29.4 Å². The number of unbranched alkanes of at least 4 members (excludes halogenated alkanes) is 2. The molecule has 2 aromatic rings. The number of hydrogen-bond acceptors (Lipinski definition) is 5. The van der Waals surface area contributed by atoms with Crippen molar-refractivity contribution in [2.24, 2.45) is 5.16 Å². The van der Waals surface area contributed by atoms with Gasteiger partial charge < -0.3 is 14.7 Å². The lowest BCUT2D eigenvalue weighted by Crippen LogP contribution is -2.07. The van der Waals surface area contributed by atoms with Gasteiger partial charge in [0, 0.05) is 16.1 Å². The van der Waals surface area contributed by atoms with Gasteiger partial charge in [0.15, 0.2) is 0 Å². The lowest BCUT2D eigenvalue weighted by Gasteiger charge is -2.07. The maximum absolute atomic E-state index is 12.1. The number of oxime groups is 1. The van der Waals surface area contributed by atoms with Gasteiger partial charge in [-0.05, 0) is 55.0 Å². The van der Waals surface area contributed by atoms with E-state index in [0.717, 1.165) is 30.6 Å². The van der Waals surface area contributed by atoms with Gasteiger partial charge in [0.05, 0.1) is 12.2 Å². The number of benzene rings is 2. The van der Waals surface area contributed by atoms with E-state index in [2.05, 4.69) is 12.1 Å². The van der Waals surface area contributed by atoms with Crippen LogP contribution >= 0.6 is 11.6 Å². The van der Waals surface area contributed by atoms with Gasteiger partial charge in [0.25, 0.3) is 0 Å².